The molecular weight excluding hydrogens is 624 g/mol. The third kappa shape index (κ3) is 9.12. The highest BCUT2D eigenvalue weighted by Gasteiger charge is 2.33. The summed E-state index contributed by atoms with van der Waals surface area (Å²) in [5, 5.41) is 14.4. The molecule has 0 radical (unpaired) electrons. The SMILES string of the molecule is Cc1ccc([N+](=O)[O-])cc1N(CC(=O)N(Cc1cccc(Br)c1)C(Cc1ccccc1)C(=O)NCC(C)C)S(C)(=O)=O. The molecule has 0 fully saturated rings. The molecule has 0 aliphatic rings. The fourth-order valence-corrected chi connectivity index (χ4v) is 5.73. The van der Waals surface area contributed by atoms with Crippen LogP contribution in [-0.4, -0.2) is 55.4 Å². The molecular formula is C30H35BrN4O6S. The van der Waals surface area contributed by atoms with Crippen LogP contribution in [0.25, 0.3) is 0 Å². The van der Waals surface area contributed by atoms with Crippen LogP contribution in [0.5, 0.6) is 0 Å². The molecule has 0 aliphatic heterocycles. The molecule has 2 amide bonds. The summed E-state index contributed by atoms with van der Waals surface area (Å²) in [6.07, 6.45) is 1.13. The Kier molecular flexibility index (Phi) is 11.2. The Balaban J connectivity index is 2.10. The van der Waals surface area contributed by atoms with Crippen LogP contribution in [-0.2, 0) is 32.6 Å². The van der Waals surface area contributed by atoms with Gasteiger partial charge in [0.15, 0.2) is 0 Å². The molecule has 0 heterocycles. The summed E-state index contributed by atoms with van der Waals surface area (Å²) in [5.41, 5.74) is 1.70. The largest absolute Gasteiger partial charge is 0.354 e. The average Bonchev–Trinajstić information content (AvgIpc) is 2.92. The van der Waals surface area contributed by atoms with E-state index in [0.717, 1.165) is 32.2 Å². The van der Waals surface area contributed by atoms with Crippen LogP contribution in [0.4, 0.5) is 11.4 Å². The summed E-state index contributed by atoms with van der Waals surface area (Å²) >= 11 is 3.45. The summed E-state index contributed by atoms with van der Waals surface area (Å²) in [6, 6.07) is 19.4. The van der Waals surface area contributed by atoms with E-state index < -0.39 is 33.4 Å². The van der Waals surface area contributed by atoms with Gasteiger partial charge in [-0.1, -0.05) is 78.3 Å². The van der Waals surface area contributed by atoms with E-state index in [-0.39, 0.29) is 36.2 Å². The van der Waals surface area contributed by atoms with Gasteiger partial charge >= 0.3 is 0 Å². The van der Waals surface area contributed by atoms with Crippen LogP contribution in [0.15, 0.2) is 77.3 Å². The molecule has 0 spiro atoms. The van der Waals surface area contributed by atoms with Gasteiger partial charge in [0, 0.05) is 36.1 Å². The number of nitrogens with one attached hydrogen (secondary N) is 1. The van der Waals surface area contributed by atoms with Crippen LogP contribution < -0.4 is 9.62 Å². The Labute approximate surface area is 255 Å². The molecule has 0 aliphatic carbocycles. The van der Waals surface area contributed by atoms with Gasteiger partial charge in [-0.2, -0.15) is 0 Å². The average molecular weight is 660 g/mol. The number of carbonyl (C=O) groups excluding carboxylic acids is 2. The first-order valence-corrected chi connectivity index (χ1v) is 16.0. The van der Waals surface area contributed by atoms with Gasteiger partial charge in [0.2, 0.25) is 21.8 Å². The highest BCUT2D eigenvalue weighted by atomic mass is 79.9. The second-order valence-corrected chi connectivity index (χ2v) is 13.3. The summed E-state index contributed by atoms with van der Waals surface area (Å²) < 4.78 is 27.6. The molecule has 1 unspecified atom stereocenters. The standard InChI is InChI=1S/C30H35BrN4O6S/c1-21(2)18-32-30(37)28(16-23-9-6-5-7-10-23)33(19-24-11-8-12-25(31)15-24)29(36)20-34(42(4,40)41)27-17-26(35(38)39)14-13-22(27)3/h5-15,17,21,28H,16,18-20H2,1-4H3,(H,32,37). The molecule has 0 saturated heterocycles. The van der Waals surface area contributed by atoms with Crippen molar-refractivity contribution in [1.29, 1.82) is 0 Å². The zero-order valence-electron chi connectivity index (χ0n) is 24.0. The van der Waals surface area contributed by atoms with Gasteiger partial charge in [-0.15, -0.1) is 0 Å². The predicted octanol–water partition coefficient (Wildman–Crippen LogP) is 4.84. The van der Waals surface area contributed by atoms with E-state index in [1.165, 1.54) is 17.0 Å². The number of nitro benzene ring substituents is 1. The quantitative estimate of drug-likeness (QED) is 0.207. The Morgan fingerprint density at radius 2 is 1.67 bits per heavy atom. The molecule has 1 N–H and O–H groups in total. The maximum atomic E-state index is 14.2. The number of amides is 2. The molecule has 3 aromatic rings. The van der Waals surface area contributed by atoms with Gasteiger partial charge in [-0.25, -0.2) is 8.42 Å². The number of rotatable bonds is 13. The Hall–Kier alpha value is -3.77. The smallest absolute Gasteiger partial charge is 0.271 e. The Morgan fingerprint density at radius 1 is 1.00 bits per heavy atom. The van der Waals surface area contributed by atoms with Crippen molar-refractivity contribution in [3.8, 4) is 0 Å². The second-order valence-electron chi connectivity index (χ2n) is 10.5. The van der Waals surface area contributed by atoms with E-state index in [2.05, 4.69) is 21.2 Å². The molecule has 3 rings (SSSR count). The maximum Gasteiger partial charge on any atom is 0.271 e. The minimum atomic E-state index is -4.06. The first-order chi connectivity index (χ1) is 19.8. The Bertz CT molecular complexity index is 1530. The van der Waals surface area contributed by atoms with Crippen molar-refractivity contribution in [3.05, 3.63) is 104 Å². The molecule has 3 aromatic carbocycles. The number of nitro groups is 1. The second kappa shape index (κ2) is 14.4. The van der Waals surface area contributed by atoms with E-state index in [4.69, 9.17) is 0 Å². The zero-order valence-corrected chi connectivity index (χ0v) is 26.4. The Morgan fingerprint density at radius 3 is 2.26 bits per heavy atom. The van der Waals surface area contributed by atoms with Crippen LogP contribution in [0.2, 0.25) is 0 Å². The third-order valence-corrected chi connectivity index (χ3v) is 8.17. The lowest BCUT2D eigenvalue weighted by Crippen LogP contribution is -2.53. The van der Waals surface area contributed by atoms with E-state index >= 15 is 0 Å². The van der Waals surface area contributed by atoms with Crippen LogP contribution >= 0.6 is 15.9 Å². The van der Waals surface area contributed by atoms with E-state index in [1.807, 2.05) is 68.4 Å². The zero-order chi connectivity index (χ0) is 31.0. The van der Waals surface area contributed by atoms with Gasteiger partial charge in [-0.05, 0) is 41.7 Å². The molecule has 12 heteroatoms. The van der Waals surface area contributed by atoms with Crippen molar-refractivity contribution < 1.29 is 22.9 Å². The number of non-ortho nitro benzene ring substituents is 1. The topological polar surface area (TPSA) is 130 Å². The number of anilines is 1. The number of aryl methyl sites for hydroxylation is 1. The highest BCUT2D eigenvalue weighted by Crippen LogP contribution is 2.28. The molecule has 10 nitrogen and oxygen atoms in total. The molecule has 224 valence electrons. The van der Waals surface area contributed by atoms with Gasteiger partial charge in [-0.3, -0.25) is 24.0 Å². The van der Waals surface area contributed by atoms with Crippen LogP contribution in [0.3, 0.4) is 0 Å². The first kappa shape index (κ1) is 32.7. The normalized spacial score (nSPS) is 12.0. The summed E-state index contributed by atoms with van der Waals surface area (Å²) in [5.74, 6) is -0.835. The fraction of sp³-hybridized carbons (Fsp3) is 0.333. The monoisotopic (exact) mass is 658 g/mol. The lowest BCUT2D eigenvalue weighted by molar-refractivity contribution is -0.384. The first-order valence-electron chi connectivity index (χ1n) is 13.3. The highest BCUT2D eigenvalue weighted by molar-refractivity contribution is 9.10. The number of halogens is 1. The number of benzene rings is 3. The van der Waals surface area contributed by atoms with E-state index in [1.54, 1.807) is 6.92 Å². The van der Waals surface area contributed by atoms with Crippen molar-refractivity contribution in [2.45, 2.75) is 39.8 Å². The molecule has 0 aromatic heterocycles. The van der Waals surface area contributed by atoms with Gasteiger partial charge < -0.3 is 10.2 Å². The van der Waals surface area contributed by atoms with E-state index in [9.17, 15) is 28.1 Å². The van der Waals surface area contributed by atoms with Crippen molar-refractivity contribution in [2.24, 2.45) is 5.92 Å². The maximum absolute atomic E-state index is 14.2. The van der Waals surface area contributed by atoms with Gasteiger partial charge in [0.1, 0.15) is 12.6 Å². The number of hydrogen-bond acceptors (Lipinski definition) is 6. The number of hydrogen-bond donors (Lipinski definition) is 1. The third-order valence-electron chi connectivity index (χ3n) is 6.55. The van der Waals surface area contributed by atoms with Crippen molar-refractivity contribution in [2.75, 3.05) is 23.7 Å². The van der Waals surface area contributed by atoms with Crippen molar-refractivity contribution in [1.82, 2.24) is 10.2 Å². The van der Waals surface area contributed by atoms with Crippen LogP contribution in [0, 0.1) is 23.0 Å². The van der Waals surface area contributed by atoms with Crippen molar-refractivity contribution in [3.63, 3.8) is 0 Å². The number of nitrogens with zero attached hydrogens (tertiary/aromatic N) is 3. The predicted molar refractivity (Wildman–Crippen MR) is 166 cm³/mol. The molecule has 42 heavy (non-hydrogen) atoms. The summed E-state index contributed by atoms with van der Waals surface area (Å²) in [6.45, 7) is 5.29. The molecule has 0 bridgehead atoms. The number of carbonyl (C=O) groups is 2. The molecule has 0 saturated carbocycles. The minimum absolute atomic E-state index is 0.0197. The molecule has 1 atom stereocenters. The lowest BCUT2D eigenvalue weighted by Gasteiger charge is -2.34. The summed E-state index contributed by atoms with van der Waals surface area (Å²) in [4.78, 5) is 40.0. The van der Waals surface area contributed by atoms with Gasteiger partial charge in [0.25, 0.3) is 5.69 Å². The minimum Gasteiger partial charge on any atom is -0.354 e. The number of sulfonamides is 1. The van der Waals surface area contributed by atoms with Crippen LogP contribution in [0.1, 0.15) is 30.5 Å². The lowest BCUT2D eigenvalue weighted by atomic mass is 10.0. The fourth-order valence-electron chi connectivity index (χ4n) is 4.38. The summed E-state index contributed by atoms with van der Waals surface area (Å²) in [7, 11) is -4.06. The van der Waals surface area contributed by atoms with Crippen molar-refractivity contribution >= 4 is 49.1 Å². The van der Waals surface area contributed by atoms with E-state index in [0.29, 0.717) is 12.1 Å². The van der Waals surface area contributed by atoms with Gasteiger partial charge in [0.05, 0.1) is 16.9 Å².